The van der Waals surface area contributed by atoms with Crippen molar-refractivity contribution in [3.63, 3.8) is 0 Å². The standard InChI is InChI=1S/C17H12ClF3N2O2S/c18-11-6-5-10(17(19,20)21)9-12(11)22-15(24)7-8-23-13-3-1-2-4-14(13)25-16(23)26/h1-6,9H,7-8H2,(H,22,24). The molecule has 0 fully saturated rings. The Kier molecular flexibility index (Phi) is 5.06. The van der Waals surface area contributed by atoms with E-state index in [-0.39, 0.29) is 28.5 Å². The number of hydrogen-bond donors (Lipinski definition) is 1. The summed E-state index contributed by atoms with van der Waals surface area (Å²) in [6.07, 6.45) is -4.53. The molecule has 0 saturated heterocycles. The summed E-state index contributed by atoms with van der Waals surface area (Å²) in [6.45, 7) is 0.220. The lowest BCUT2D eigenvalue weighted by Gasteiger charge is -2.12. The molecule has 0 spiro atoms. The number of benzene rings is 2. The minimum Gasteiger partial charge on any atom is -0.429 e. The second-order valence-corrected chi connectivity index (χ2v) is 6.23. The smallest absolute Gasteiger partial charge is 0.416 e. The maximum atomic E-state index is 12.8. The van der Waals surface area contributed by atoms with E-state index in [2.05, 4.69) is 5.32 Å². The highest BCUT2D eigenvalue weighted by molar-refractivity contribution is 7.71. The Morgan fingerprint density at radius 2 is 1.96 bits per heavy atom. The number of amides is 1. The van der Waals surface area contributed by atoms with Crippen molar-refractivity contribution in [1.29, 1.82) is 0 Å². The van der Waals surface area contributed by atoms with E-state index in [9.17, 15) is 18.0 Å². The molecule has 0 radical (unpaired) electrons. The molecule has 3 aromatic rings. The van der Waals surface area contributed by atoms with Gasteiger partial charge in [0.1, 0.15) is 0 Å². The zero-order valence-electron chi connectivity index (χ0n) is 13.1. The molecule has 26 heavy (non-hydrogen) atoms. The highest BCUT2D eigenvalue weighted by Crippen LogP contribution is 2.33. The van der Waals surface area contributed by atoms with Crippen molar-refractivity contribution in [3.8, 4) is 0 Å². The van der Waals surface area contributed by atoms with Gasteiger partial charge < -0.3 is 9.73 Å². The van der Waals surface area contributed by atoms with Crippen LogP contribution in [0.2, 0.25) is 5.02 Å². The minimum absolute atomic E-state index is 0.00952. The number of carbonyl (C=O) groups is 1. The molecule has 1 heterocycles. The molecule has 0 aliphatic carbocycles. The summed E-state index contributed by atoms with van der Waals surface area (Å²) in [5, 5.41) is 2.43. The monoisotopic (exact) mass is 400 g/mol. The number of rotatable bonds is 4. The average molecular weight is 401 g/mol. The van der Waals surface area contributed by atoms with Crippen LogP contribution in [0.3, 0.4) is 0 Å². The maximum absolute atomic E-state index is 12.8. The van der Waals surface area contributed by atoms with Crippen LogP contribution in [0.1, 0.15) is 12.0 Å². The molecule has 0 saturated carbocycles. The summed E-state index contributed by atoms with van der Waals surface area (Å²) >= 11 is 11.0. The lowest BCUT2D eigenvalue weighted by molar-refractivity contribution is -0.137. The highest BCUT2D eigenvalue weighted by Gasteiger charge is 2.31. The molecule has 0 aliphatic heterocycles. The predicted molar refractivity (Wildman–Crippen MR) is 94.7 cm³/mol. The number of aromatic nitrogens is 1. The molecular weight excluding hydrogens is 389 g/mol. The van der Waals surface area contributed by atoms with Gasteiger partial charge in [-0.05, 0) is 42.5 Å². The molecule has 4 nitrogen and oxygen atoms in total. The second-order valence-electron chi connectivity index (χ2n) is 5.48. The van der Waals surface area contributed by atoms with Crippen molar-refractivity contribution in [3.05, 3.63) is 57.9 Å². The molecule has 2 aromatic carbocycles. The fourth-order valence-electron chi connectivity index (χ4n) is 2.45. The Morgan fingerprint density at radius 1 is 1.23 bits per heavy atom. The molecule has 3 rings (SSSR count). The van der Waals surface area contributed by atoms with Gasteiger partial charge in [0.15, 0.2) is 5.58 Å². The Hall–Kier alpha value is -2.32. The molecule has 0 atom stereocenters. The number of alkyl halides is 3. The number of carbonyl (C=O) groups excluding carboxylic acids is 1. The van der Waals surface area contributed by atoms with Crippen LogP contribution in [0, 0.1) is 4.84 Å². The van der Waals surface area contributed by atoms with Crippen LogP contribution in [-0.4, -0.2) is 10.5 Å². The van der Waals surface area contributed by atoms with Gasteiger partial charge in [-0.15, -0.1) is 0 Å². The lowest BCUT2D eigenvalue weighted by Crippen LogP contribution is -2.15. The van der Waals surface area contributed by atoms with E-state index in [1.807, 2.05) is 6.07 Å². The van der Waals surface area contributed by atoms with Gasteiger partial charge in [-0.2, -0.15) is 13.2 Å². The number of fused-ring (bicyclic) bond motifs is 1. The number of aryl methyl sites for hydroxylation is 1. The topological polar surface area (TPSA) is 47.2 Å². The normalized spacial score (nSPS) is 11.7. The van der Waals surface area contributed by atoms with E-state index in [4.69, 9.17) is 28.2 Å². The third-order valence-corrected chi connectivity index (χ3v) is 4.34. The van der Waals surface area contributed by atoms with Gasteiger partial charge in [0.05, 0.1) is 21.8 Å². The van der Waals surface area contributed by atoms with Crippen molar-refractivity contribution in [1.82, 2.24) is 4.57 Å². The van der Waals surface area contributed by atoms with E-state index in [0.717, 1.165) is 23.7 Å². The summed E-state index contributed by atoms with van der Waals surface area (Å²) in [4.78, 5) is 12.4. The van der Waals surface area contributed by atoms with Crippen LogP contribution >= 0.6 is 23.8 Å². The minimum atomic E-state index is -4.52. The molecule has 0 aliphatic rings. The molecule has 1 N–H and O–H groups in total. The third kappa shape index (κ3) is 3.91. The number of nitrogens with one attached hydrogen (secondary N) is 1. The molecule has 0 bridgehead atoms. The predicted octanol–water partition coefficient (Wildman–Crippen LogP) is 5.66. The van der Waals surface area contributed by atoms with E-state index in [1.54, 1.807) is 22.8 Å². The third-order valence-electron chi connectivity index (χ3n) is 3.70. The van der Waals surface area contributed by atoms with Gasteiger partial charge in [-0.25, -0.2) is 0 Å². The average Bonchev–Trinajstić information content (AvgIpc) is 2.89. The SMILES string of the molecule is O=C(CCn1c(=S)oc2ccccc21)Nc1cc(C(F)(F)F)ccc1Cl. The van der Waals surface area contributed by atoms with E-state index < -0.39 is 17.6 Å². The van der Waals surface area contributed by atoms with Crippen LogP contribution in [0.4, 0.5) is 18.9 Å². The lowest BCUT2D eigenvalue weighted by atomic mass is 10.2. The van der Waals surface area contributed by atoms with Crippen LogP contribution in [-0.2, 0) is 17.5 Å². The van der Waals surface area contributed by atoms with Crippen LogP contribution in [0.15, 0.2) is 46.9 Å². The molecule has 0 unspecified atom stereocenters. The summed E-state index contributed by atoms with van der Waals surface area (Å²) in [6, 6.07) is 9.92. The first kappa shape index (κ1) is 18.5. The van der Waals surface area contributed by atoms with Crippen LogP contribution in [0.25, 0.3) is 11.1 Å². The Labute approximate surface area is 156 Å². The van der Waals surface area contributed by atoms with Gasteiger partial charge in [-0.1, -0.05) is 23.7 Å². The zero-order chi connectivity index (χ0) is 18.9. The number of nitrogens with zero attached hydrogens (tertiary/aromatic N) is 1. The zero-order valence-corrected chi connectivity index (χ0v) is 14.7. The number of anilines is 1. The molecule has 136 valence electrons. The van der Waals surface area contributed by atoms with Crippen molar-refractivity contribution >= 4 is 46.5 Å². The first-order chi connectivity index (χ1) is 12.3. The Morgan fingerprint density at radius 3 is 2.69 bits per heavy atom. The first-order valence-corrected chi connectivity index (χ1v) is 8.29. The van der Waals surface area contributed by atoms with Crippen molar-refractivity contribution in [2.45, 2.75) is 19.1 Å². The molecular formula is C17H12ClF3N2O2S. The summed E-state index contributed by atoms with van der Waals surface area (Å²) in [7, 11) is 0. The van der Waals surface area contributed by atoms with E-state index in [0.29, 0.717) is 5.58 Å². The van der Waals surface area contributed by atoms with Gasteiger partial charge in [0, 0.05) is 13.0 Å². The summed E-state index contributed by atoms with van der Waals surface area (Å²) in [5.41, 5.74) is 0.355. The summed E-state index contributed by atoms with van der Waals surface area (Å²) < 4.78 is 45.4. The van der Waals surface area contributed by atoms with Crippen molar-refractivity contribution < 1.29 is 22.4 Å². The number of oxazole rings is 1. The summed E-state index contributed by atoms with van der Waals surface area (Å²) in [5.74, 6) is -0.488. The van der Waals surface area contributed by atoms with E-state index >= 15 is 0 Å². The number of para-hydroxylation sites is 2. The molecule has 9 heteroatoms. The first-order valence-electron chi connectivity index (χ1n) is 7.50. The van der Waals surface area contributed by atoms with Crippen LogP contribution < -0.4 is 5.32 Å². The Bertz CT molecular complexity index is 1030. The van der Waals surface area contributed by atoms with Gasteiger partial charge in [-0.3, -0.25) is 9.36 Å². The second kappa shape index (κ2) is 7.13. The largest absolute Gasteiger partial charge is 0.429 e. The van der Waals surface area contributed by atoms with Crippen molar-refractivity contribution in [2.75, 3.05) is 5.32 Å². The fourth-order valence-corrected chi connectivity index (χ4v) is 2.89. The highest BCUT2D eigenvalue weighted by atomic mass is 35.5. The van der Waals surface area contributed by atoms with E-state index in [1.165, 1.54) is 0 Å². The van der Waals surface area contributed by atoms with Crippen molar-refractivity contribution in [2.24, 2.45) is 0 Å². The Balaban J connectivity index is 1.73. The fraction of sp³-hybridized carbons (Fsp3) is 0.176. The van der Waals surface area contributed by atoms with Gasteiger partial charge in [0.25, 0.3) is 4.84 Å². The number of hydrogen-bond acceptors (Lipinski definition) is 3. The maximum Gasteiger partial charge on any atom is 0.416 e. The van der Waals surface area contributed by atoms with Crippen LogP contribution in [0.5, 0.6) is 0 Å². The number of halogens is 4. The van der Waals surface area contributed by atoms with Gasteiger partial charge in [0.2, 0.25) is 5.91 Å². The molecule has 1 aromatic heterocycles. The van der Waals surface area contributed by atoms with Gasteiger partial charge >= 0.3 is 6.18 Å². The quantitative estimate of drug-likeness (QED) is 0.574. The molecule has 1 amide bonds.